The number of fused-ring (bicyclic) bond motifs is 1. The van der Waals surface area contributed by atoms with E-state index in [1.54, 1.807) is 0 Å². The molecule has 2 rings (SSSR count). The minimum atomic E-state index is -0.0470. The van der Waals surface area contributed by atoms with E-state index in [-0.39, 0.29) is 5.38 Å². The lowest BCUT2D eigenvalue weighted by molar-refractivity contribution is 0.575. The van der Waals surface area contributed by atoms with Gasteiger partial charge in [0.25, 0.3) is 0 Å². The van der Waals surface area contributed by atoms with Crippen LogP contribution >= 0.6 is 23.4 Å². The Bertz CT molecular complexity index is 577. The average molecular weight is 325 g/mol. The van der Waals surface area contributed by atoms with E-state index in [1.165, 1.54) is 42.5 Å². The van der Waals surface area contributed by atoms with Gasteiger partial charge < -0.3 is 4.57 Å². The van der Waals surface area contributed by atoms with Crippen molar-refractivity contribution in [2.24, 2.45) is 0 Å². The first-order valence-electron chi connectivity index (χ1n) is 7.73. The maximum Gasteiger partial charge on any atom is 0.127 e. The van der Waals surface area contributed by atoms with Gasteiger partial charge in [-0.3, -0.25) is 0 Å². The first-order valence-corrected chi connectivity index (χ1v) is 9.56. The molecule has 0 N–H and O–H groups in total. The van der Waals surface area contributed by atoms with Gasteiger partial charge in [0.15, 0.2) is 0 Å². The number of aryl methyl sites for hydroxylation is 2. The number of thioether (sulfide) groups is 1. The number of imidazole rings is 1. The van der Waals surface area contributed by atoms with Gasteiger partial charge in [-0.1, -0.05) is 18.9 Å². The topological polar surface area (TPSA) is 17.8 Å². The van der Waals surface area contributed by atoms with E-state index in [2.05, 4.69) is 35.9 Å². The number of aromatic nitrogens is 2. The quantitative estimate of drug-likeness (QED) is 0.467. The van der Waals surface area contributed by atoms with E-state index in [1.807, 2.05) is 18.7 Å². The van der Waals surface area contributed by atoms with Gasteiger partial charge in [0.05, 0.1) is 16.4 Å². The molecule has 0 spiro atoms. The standard InChI is InChI=1S/C17H25ClN2S/c1-13-8-9-15-16(12-13)20(17(19-15)14(2)18)10-6-4-5-7-11-21-3/h8-9,12,14H,4-7,10-11H2,1-3H3. The summed E-state index contributed by atoms with van der Waals surface area (Å²) in [6.07, 6.45) is 7.29. The molecule has 0 amide bonds. The highest BCUT2D eigenvalue weighted by Crippen LogP contribution is 2.26. The molecule has 1 heterocycles. The van der Waals surface area contributed by atoms with Crippen molar-refractivity contribution < 1.29 is 0 Å². The number of halogens is 1. The predicted octanol–water partition coefficient (Wildman–Crippen LogP) is 5.57. The number of unbranched alkanes of at least 4 members (excludes halogenated alkanes) is 3. The Morgan fingerprint density at radius 1 is 1.24 bits per heavy atom. The zero-order chi connectivity index (χ0) is 15.2. The molecule has 21 heavy (non-hydrogen) atoms. The summed E-state index contributed by atoms with van der Waals surface area (Å²) < 4.78 is 2.31. The van der Waals surface area contributed by atoms with Crippen molar-refractivity contribution in [3.05, 3.63) is 29.6 Å². The van der Waals surface area contributed by atoms with Gasteiger partial charge in [-0.05, 0) is 56.4 Å². The Hall–Kier alpha value is -0.670. The van der Waals surface area contributed by atoms with Crippen molar-refractivity contribution in [1.29, 1.82) is 0 Å². The predicted molar refractivity (Wildman–Crippen MR) is 95.6 cm³/mol. The third-order valence-corrected chi connectivity index (χ3v) is 4.66. The molecular weight excluding hydrogens is 300 g/mol. The van der Waals surface area contributed by atoms with Crippen molar-refractivity contribution in [2.75, 3.05) is 12.0 Å². The van der Waals surface area contributed by atoms with Gasteiger partial charge in [-0.15, -0.1) is 11.6 Å². The lowest BCUT2D eigenvalue weighted by atomic mass is 10.2. The van der Waals surface area contributed by atoms with Crippen LogP contribution in [-0.4, -0.2) is 21.6 Å². The highest BCUT2D eigenvalue weighted by molar-refractivity contribution is 7.98. The summed E-state index contributed by atoms with van der Waals surface area (Å²) in [5.41, 5.74) is 3.56. The summed E-state index contributed by atoms with van der Waals surface area (Å²) in [7, 11) is 0. The monoisotopic (exact) mass is 324 g/mol. The first-order chi connectivity index (χ1) is 10.1. The van der Waals surface area contributed by atoms with Crippen molar-refractivity contribution in [3.8, 4) is 0 Å². The summed E-state index contributed by atoms with van der Waals surface area (Å²) in [4.78, 5) is 4.71. The average Bonchev–Trinajstić information content (AvgIpc) is 2.81. The van der Waals surface area contributed by atoms with Crippen molar-refractivity contribution >= 4 is 34.4 Å². The second kappa shape index (κ2) is 8.09. The Kier molecular flexibility index (Phi) is 6.43. The van der Waals surface area contributed by atoms with Crippen LogP contribution < -0.4 is 0 Å². The number of nitrogens with zero attached hydrogens (tertiary/aromatic N) is 2. The minimum absolute atomic E-state index is 0.0470. The van der Waals surface area contributed by atoms with Gasteiger partial charge in [0.2, 0.25) is 0 Å². The number of benzene rings is 1. The number of hydrogen-bond donors (Lipinski definition) is 0. The number of alkyl halides is 1. The molecule has 0 fully saturated rings. The van der Waals surface area contributed by atoms with Gasteiger partial charge in [-0.25, -0.2) is 4.98 Å². The van der Waals surface area contributed by atoms with E-state index in [9.17, 15) is 0 Å². The fourth-order valence-electron chi connectivity index (χ4n) is 2.66. The molecule has 2 nitrogen and oxygen atoms in total. The Balaban J connectivity index is 2.09. The molecule has 0 saturated heterocycles. The highest BCUT2D eigenvalue weighted by Gasteiger charge is 2.14. The molecule has 1 atom stereocenters. The molecule has 0 aliphatic rings. The normalized spacial score (nSPS) is 13.0. The second-order valence-corrected chi connectivity index (χ2v) is 7.28. The molecule has 1 aromatic carbocycles. The molecule has 2 aromatic rings. The lowest BCUT2D eigenvalue weighted by Gasteiger charge is -2.10. The van der Waals surface area contributed by atoms with E-state index in [0.717, 1.165) is 17.9 Å². The molecule has 116 valence electrons. The molecule has 0 bridgehead atoms. The fourth-order valence-corrected chi connectivity index (χ4v) is 3.32. The zero-order valence-electron chi connectivity index (χ0n) is 13.2. The van der Waals surface area contributed by atoms with Crippen LogP contribution in [0, 0.1) is 6.92 Å². The smallest absolute Gasteiger partial charge is 0.127 e. The largest absolute Gasteiger partial charge is 0.327 e. The van der Waals surface area contributed by atoms with Crippen molar-refractivity contribution in [2.45, 2.75) is 51.5 Å². The summed E-state index contributed by atoms with van der Waals surface area (Å²) in [6.45, 7) is 5.15. The number of rotatable bonds is 8. The molecule has 4 heteroatoms. The summed E-state index contributed by atoms with van der Waals surface area (Å²) in [6, 6.07) is 6.44. The summed E-state index contributed by atoms with van der Waals surface area (Å²) >= 11 is 8.25. The first kappa shape index (κ1) is 16.7. The van der Waals surface area contributed by atoms with Crippen LogP contribution in [0.1, 0.15) is 49.4 Å². The van der Waals surface area contributed by atoms with Crippen LogP contribution in [0.25, 0.3) is 11.0 Å². The van der Waals surface area contributed by atoms with E-state index in [4.69, 9.17) is 16.6 Å². The van der Waals surface area contributed by atoms with Crippen LogP contribution in [0.3, 0.4) is 0 Å². The minimum Gasteiger partial charge on any atom is -0.327 e. The van der Waals surface area contributed by atoms with Crippen LogP contribution in [0.4, 0.5) is 0 Å². The van der Waals surface area contributed by atoms with Crippen LogP contribution in [0.15, 0.2) is 18.2 Å². The van der Waals surface area contributed by atoms with Crippen LogP contribution in [-0.2, 0) is 6.54 Å². The maximum absolute atomic E-state index is 6.31. The van der Waals surface area contributed by atoms with Gasteiger partial charge in [0, 0.05) is 6.54 Å². The van der Waals surface area contributed by atoms with Gasteiger partial charge in [-0.2, -0.15) is 11.8 Å². The second-order valence-electron chi connectivity index (χ2n) is 5.64. The maximum atomic E-state index is 6.31. The molecule has 0 radical (unpaired) electrons. The van der Waals surface area contributed by atoms with E-state index in [0.29, 0.717) is 0 Å². The number of hydrogen-bond acceptors (Lipinski definition) is 2. The molecule has 0 aliphatic carbocycles. The Labute approximate surface area is 137 Å². The lowest BCUT2D eigenvalue weighted by Crippen LogP contribution is -2.05. The van der Waals surface area contributed by atoms with Crippen LogP contribution in [0.2, 0.25) is 0 Å². The van der Waals surface area contributed by atoms with Crippen molar-refractivity contribution in [3.63, 3.8) is 0 Å². The van der Waals surface area contributed by atoms with E-state index >= 15 is 0 Å². The fraction of sp³-hybridized carbons (Fsp3) is 0.588. The highest BCUT2D eigenvalue weighted by atomic mass is 35.5. The summed E-state index contributed by atoms with van der Waals surface area (Å²) in [5.74, 6) is 2.28. The molecular formula is C17H25ClN2S. The third kappa shape index (κ3) is 4.40. The van der Waals surface area contributed by atoms with E-state index < -0.39 is 0 Å². The SMILES string of the molecule is CSCCCCCCn1c(C(C)Cl)nc2ccc(C)cc21. The molecule has 0 saturated carbocycles. The van der Waals surface area contributed by atoms with Crippen molar-refractivity contribution in [1.82, 2.24) is 9.55 Å². The molecule has 0 aliphatic heterocycles. The Morgan fingerprint density at radius 2 is 2.00 bits per heavy atom. The zero-order valence-corrected chi connectivity index (χ0v) is 14.8. The Morgan fingerprint density at radius 3 is 2.71 bits per heavy atom. The molecule has 1 aromatic heterocycles. The molecule has 1 unspecified atom stereocenters. The third-order valence-electron chi connectivity index (χ3n) is 3.77. The summed E-state index contributed by atoms with van der Waals surface area (Å²) in [5, 5.41) is -0.0470. The van der Waals surface area contributed by atoms with Crippen LogP contribution in [0.5, 0.6) is 0 Å². The van der Waals surface area contributed by atoms with Gasteiger partial charge >= 0.3 is 0 Å². The van der Waals surface area contributed by atoms with Gasteiger partial charge in [0.1, 0.15) is 5.82 Å².